The van der Waals surface area contributed by atoms with Gasteiger partial charge in [-0.25, -0.2) is 0 Å². The van der Waals surface area contributed by atoms with E-state index in [2.05, 4.69) is 0 Å². The Morgan fingerprint density at radius 1 is 0.714 bits per heavy atom. The van der Waals surface area contributed by atoms with Gasteiger partial charge in [0.2, 0.25) is 0 Å². The molecule has 0 radical (unpaired) electrons. The average molecular weight is 200 g/mol. The van der Waals surface area contributed by atoms with Gasteiger partial charge >= 0.3 is 0 Å². The Morgan fingerprint density at radius 3 is 1.50 bits per heavy atom. The molecular formula is C10H24N4. The predicted molar refractivity (Wildman–Crippen MR) is 59.2 cm³/mol. The molecule has 4 nitrogen and oxygen atoms in total. The van der Waals surface area contributed by atoms with E-state index in [0.29, 0.717) is 0 Å². The fraction of sp³-hybridized carbons (Fsp3) is 1.00. The smallest absolute Gasteiger partial charge is 0.130 e. The Bertz CT molecular complexity index is 122. The van der Waals surface area contributed by atoms with Crippen molar-refractivity contribution in [3.8, 4) is 0 Å². The van der Waals surface area contributed by atoms with Crippen LogP contribution in [0.15, 0.2) is 0 Å². The summed E-state index contributed by atoms with van der Waals surface area (Å²) in [5.74, 6) is 0. The lowest BCUT2D eigenvalue weighted by atomic mass is 10.2. The van der Waals surface area contributed by atoms with Gasteiger partial charge in [-0.3, -0.25) is 0 Å². The quantitative estimate of drug-likeness (QED) is 0.316. The Labute approximate surface area is 87.2 Å². The second-order valence-corrected chi connectivity index (χ2v) is 3.65. The zero-order valence-electron chi connectivity index (χ0n) is 9.12. The molecule has 0 aliphatic carbocycles. The van der Waals surface area contributed by atoms with Gasteiger partial charge in [0.15, 0.2) is 0 Å². The van der Waals surface area contributed by atoms with E-state index in [4.69, 9.17) is 11.5 Å². The number of hydrogen-bond donors (Lipinski definition) is 2. The second kappa shape index (κ2) is 10.6. The summed E-state index contributed by atoms with van der Waals surface area (Å²) in [6.45, 7) is 3.04. The van der Waals surface area contributed by atoms with Crippen molar-refractivity contribution in [3.05, 3.63) is 5.53 Å². The molecule has 0 aliphatic heterocycles. The second-order valence-electron chi connectivity index (χ2n) is 3.65. The van der Waals surface area contributed by atoms with Crippen molar-refractivity contribution in [3.63, 3.8) is 0 Å². The first kappa shape index (κ1) is 13.5. The molecule has 0 aliphatic rings. The molecule has 0 saturated carbocycles. The molecule has 0 saturated heterocycles. The van der Waals surface area contributed by atoms with E-state index >= 15 is 0 Å². The highest BCUT2D eigenvalue weighted by Crippen LogP contribution is 1.97. The molecule has 4 N–H and O–H groups in total. The van der Waals surface area contributed by atoms with E-state index in [-0.39, 0.29) is 0 Å². The standard InChI is InChI=1S/C10H24N4/c11-7-3-1-5-9-14(13)10-6-2-4-8-12/h1-12H2. The predicted octanol–water partition coefficient (Wildman–Crippen LogP) is 1.28. The van der Waals surface area contributed by atoms with E-state index in [1.807, 2.05) is 0 Å². The number of hydrogen-bond acceptors (Lipinski definition) is 2. The van der Waals surface area contributed by atoms with E-state index in [1.54, 1.807) is 0 Å². The van der Waals surface area contributed by atoms with Crippen LogP contribution in [0.2, 0.25) is 0 Å². The van der Waals surface area contributed by atoms with Gasteiger partial charge in [-0.05, 0) is 38.8 Å². The van der Waals surface area contributed by atoms with Crippen LogP contribution in [0.5, 0.6) is 0 Å². The number of nitrogens with two attached hydrogens (primary N) is 2. The molecule has 84 valence electrons. The normalized spacial score (nSPS) is 10.4. The molecule has 4 heteroatoms. The third-order valence-electron chi connectivity index (χ3n) is 2.24. The fourth-order valence-electron chi connectivity index (χ4n) is 1.34. The van der Waals surface area contributed by atoms with Gasteiger partial charge < -0.3 is 21.7 Å². The van der Waals surface area contributed by atoms with Gasteiger partial charge in [0.1, 0.15) is 13.1 Å². The highest BCUT2D eigenvalue weighted by molar-refractivity contribution is 4.42. The summed E-state index contributed by atoms with van der Waals surface area (Å²) in [6.07, 6.45) is 6.39. The molecule has 0 spiro atoms. The molecule has 0 heterocycles. The topological polar surface area (TPSA) is 77.3 Å². The molecule has 14 heavy (non-hydrogen) atoms. The molecule has 0 aromatic carbocycles. The molecule has 0 aromatic rings. The monoisotopic (exact) mass is 200 g/mol. The molecule has 0 unspecified atom stereocenters. The van der Waals surface area contributed by atoms with Gasteiger partial charge in [0.05, 0.1) is 0 Å². The van der Waals surface area contributed by atoms with Crippen LogP contribution in [0.25, 0.3) is 5.53 Å². The van der Waals surface area contributed by atoms with Crippen LogP contribution in [0.4, 0.5) is 0 Å². The molecule has 0 atom stereocenters. The Balaban J connectivity index is 3.11. The van der Waals surface area contributed by atoms with Crippen LogP contribution in [-0.4, -0.2) is 30.9 Å². The molecule has 0 bridgehead atoms. The fourth-order valence-corrected chi connectivity index (χ4v) is 1.34. The summed E-state index contributed by atoms with van der Waals surface area (Å²) < 4.78 is 1.41. The largest absolute Gasteiger partial charge is 0.507 e. The highest BCUT2D eigenvalue weighted by atomic mass is 15.2. The lowest BCUT2D eigenvalue weighted by Crippen LogP contribution is -2.11. The minimum Gasteiger partial charge on any atom is -0.507 e. The zero-order chi connectivity index (χ0) is 10.6. The Kier molecular flexibility index (Phi) is 10.2. The summed E-state index contributed by atoms with van der Waals surface area (Å²) in [6, 6.07) is 0. The van der Waals surface area contributed by atoms with Crippen LogP contribution in [0, 0.1) is 0 Å². The summed E-state index contributed by atoms with van der Waals surface area (Å²) in [5.41, 5.74) is 20.2. The maximum Gasteiger partial charge on any atom is 0.130 e. The van der Waals surface area contributed by atoms with Gasteiger partial charge in [0, 0.05) is 12.8 Å². The first-order valence-corrected chi connectivity index (χ1v) is 5.65. The van der Waals surface area contributed by atoms with E-state index in [0.717, 1.165) is 64.7 Å². The minimum absolute atomic E-state index is 0.752. The maximum absolute atomic E-state index is 9.42. The van der Waals surface area contributed by atoms with Gasteiger partial charge in [-0.2, -0.15) is 0 Å². The van der Waals surface area contributed by atoms with Crippen LogP contribution in [0.3, 0.4) is 0 Å². The number of unbranched alkanes of at least 4 members (excludes halogenated alkanes) is 4. The third-order valence-corrected chi connectivity index (χ3v) is 2.24. The van der Waals surface area contributed by atoms with Crippen LogP contribution < -0.4 is 11.5 Å². The van der Waals surface area contributed by atoms with Crippen molar-refractivity contribution in [1.29, 1.82) is 0 Å². The van der Waals surface area contributed by atoms with Crippen molar-refractivity contribution in [1.82, 2.24) is 0 Å². The molecular weight excluding hydrogens is 176 g/mol. The lowest BCUT2D eigenvalue weighted by molar-refractivity contribution is -0.550. The van der Waals surface area contributed by atoms with Gasteiger partial charge in [-0.15, -0.1) is 0 Å². The van der Waals surface area contributed by atoms with E-state index < -0.39 is 0 Å². The summed E-state index contributed by atoms with van der Waals surface area (Å²) in [4.78, 5) is 0. The number of rotatable bonds is 10. The van der Waals surface area contributed by atoms with E-state index in [9.17, 15) is 5.53 Å². The SMILES string of the molecule is [N-]=[N+](CCCCCN)CCCCCN. The zero-order valence-corrected chi connectivity index (χ0v) is 9.12. The van der Waals surface area contributed by atoms with Crippen molar-refractivity contribution in [2.75, 3.05) is 26.2 Å². The third kappa shape index (κ3) is 9.61. The average Bonchev–Trinajstić information content (AvgIpc) is 2.19. The molecule has 0 rings (SSSR count). The van der Waals surface area contributed by atoms with Crippen LogP contribution >= 0.6 is 0 Å². The number of nitrogens with zero attached hydrogens (tertiary/aromatic N) is 2. The van der Waals surface area contributed by atoms with E-state index in [1.165, 1.54) is 4.70 Å². The molecule has 0 amide bonds. The molecule has 0 aromatic heterocycles. The first-order chi connectivity index (χ1) is 6.81. The first-order valence-electron chi connectivity index (χ1n) is 5.65. The van der Waals surface area contributed by atoms with Crippen molar-refractivity contribution >= 4 is 0 Å². The minimum atomic E-state index is 0.752. The van der Waals surface area contributed by atoms with Crippen molar-refractivity contribution in [2.45, 2.75) is 38.5 Å². The molecule has 0 fully saturated rings. The van der Waals surface area contributed by atoms with Crippen LogP contribution in [0.1, 0.15) is 38.5 Å². The summed E-state index contributed by atoms with van der Waals surface area (Å²) in [5, 5.41) is 0. The highest BCUT2D eigenvalue weighted by Gasteiger charge is 1.97. The Hall–Kier alpha value is -0.480. The summed E-state index contributed by atoms with van der Waals surface area (Å²) >= 11 is 0. The van der Waals surface area contributed by atoms with Crippen molar-refractivity contribution < 1.29 is 4.70 Å². The lowest BCUT2D eigenvalue weighted by Gasteiger charge is -2.06. The Morgan fingerprint density at radius 2 is 1.14 bits per heavy atom. The summed E-state index contributed by atoms with van der Waals surface area (Å²) in [7, 11) is 0. The maximum atomic E-state index is 9.42. The van der Waals surface area contributed by atoms with Gasteiger partial charge in [0.25, 0.3) is 0 Å². The van der Waals surface area contributed by atoms with Crippen molar-refractivity contribution in [2.24, 2.45) is 11.5 Å². The van der Waals surface area contributed by atoms with Gasteiger partial charge in [-0.1, -0.05) is 0 Å². The van der Waals surface area contributed by atoms with Crippen LogP contribution in [-0.2, 0) is 0 Å².